The van der Waals surface area contributed by atoms with Gasteiger partial charge in [-0.2, -0.15) is 0 Å². The molecule has 2 aliphatic heterocycles. The number of carbonyl (C=O) groups excluding carboxylic acids is 2. The van der Waals surface area contributed by atoms with Crippen LogP contribution in [-0.4, -0.2) is 79.4 Å². The highest BCUT2D eigenvalue weighted by atomic mass is 32.2. The van der Waals surface area contributed by atoms with E-state index in [1.807, 2.05) is 0 Å². The topological polar surface area (TPSA) is 211 Å². The zero-order chi connectivity index (χ0) is 22.9. The highest BCUT2D eigenvalue weighted by Crippen LogP contribution is 2.40. The van der Waals surface area contributed by atoms with Crippen molar-refractivity contribution in [3.63, 3.8) is 0 Å². The summed E-state index contributed by atoms with van der Waals surface area (Å²) in [4.78, 5) is 57.8. The molecule has 2 amide bonds. The third-order valence-corrected chi connectivity index (χ3v) is 6.43. The number of thiazole rings is 1. The van der Waals surface area contributed by atoms with Crippen LogP contribution < -0.4 is 16.8 Å². The Labute approximate surface area is 183 Å². The Bertz CT molecular complexity index is 1010. The number of nitrogens with two attached hydrogens (primary N) is 2. The van der Waals surface area contributed by atoms with Crippen molar-refractivity contribution in [2.24, 2.45) is 10.9 Å². The van der Waals surface area contributed by atoms with Gasteiger partial charge in [0.2, 0.25) is 6.10 Å². The van der Waals surface area contributed by atoms with Crippen molar-refractivity contribution in [1.29, 1.82) is 0 Å². The fraction of sp³-hybridized carbons (Fsp3) is 0.375. The number of rotatable bonds is 8. The molecule has 1 fully saturated rings. The summed E-state index contributed by atoms with van der Waals surface area (Å²) >= 11 is 2.29. The van der Waals surface area contributed by atoms with E-state index in [0.29, 0.717) is 11.3 Å². The minimum absolute atomic E-state index is 0.0106. The zero-order valence-corrected chi connectivity index (χ0v) is 17.6. The second kappa shape index (κ2) is 8.91. The largest absolute Gasteiger partial charge is 0.478 e. The van der Waals surface area contributed by atoms with E-state index in [1.165, 1.54) is 24.1 Å². The van der Waals surface area contributed by atoms with Crippen LogP contribution in [0.5, 0.6) is 0 Å². The molecular weight excluding hydrogens is 452 g/mol. The van der Waals surface area contributed by atoms with Gasteiger partial charge in [0.25, 0.3) is 11.8 Å². The van der Waals surface area contributed by atoms with Gasteiger partial charge in [-0.3, -0.25) is 14.5 Å². The Morgan fingerprint density at radius 1 is 1.45 bits per heavy atom. The van der Waals surface area contributed by atoms with E-state index in [1.54, 1.807) is 0 Å². The lowest BCUT2D eigenvalue weighted by molar-refractivity contribution is -0.150. The molecule has 13 nitrogen and oxygen atoms in total. The summed E-state index contributed by atoms with van der Waals surface area (Å²) in [5.41, 5.74) is 11.1. The van der Waals surface area contributed by atoms with Gasteiger partial charge in [-0.15, -0.1) is 23.1 Å². The lowest BCUT2D eigenvalue weighted by atomic mass is 10.0. The number of thioether (sulfide) groups is 1. The first-order chi connectivity index (χ1) is 14.6. The smallest absolute Gasteiger partial charge is 0.352 e. The van der Waals surface area contributed by atoms with E-state index >= 15 is 0 Å². The Morgan fingerprint density at radius 3 is 2.71 bits per heavy atom. The van der Waals surface area contributed by atoms with Crippen LogP contribution in [0.15, 0.2) is 21.8 Å². The predicted octanol–water partition coefficient (Wildman–Crippen LogP) is -1.38. The quantitative estimate of drug-likeness (QED) is 0.170. The number of nitrogens with zero attached hydrogens (tertiary/aromatic N) is 3. The average molecular weight is 470 g/mol. The Hall–Kier alpha value is -3.17. The van der Waals surface area contributed by atoms with E-state index in [-0.39, 0.29) is 28.8 Å². The van der Waals surface area contributed by atoms with E-state index in [9.17, 15) is 24.3 Å². The molecule has 2 unspecified atom stereocenters. The molecule has 0 saturated carbocycles. The number of nitrogen functional groups attached to an aromatic ring is 1. The van der Waals surface area contributed by atoms with Gasteiger partial charge in [0, 0.05) is 17.7 Å². The molecule has 3 rings (SSSR count). The highest BCUT2D eigenvalue weighted by Gasteiger charge is 2.54. The predicted molar refractivity (Wildman–Crippen MR) is 110 cm³/mol. The second-order valence-corrected chi connectivity index (χ2v) is 8.41. The Balaban J connectivity index is 1.81. The van der Waals surface area contributed by atoms with Crippen molar-refractivity contribution in [1.82, 2.24) is 15.2 Å². The lowest BCUT2D eigenvalue weighted by Crippen LogP contribution is -2.71. The van der Waals surface area contributed by atoms with Gasteiger partial charge in [-0.25, -0.2) is 14.6 Å². The maximum absolute atomic E-state index is 12.8. The summed E-state index contributed by atoms with van der Waals surface area (Å²) in [6.07, 6.45) is -1.34. The molecule has 166 valence electrons. The number of β-lactam (4-membered cyclic amide) rings is 1. The summed E-state index contributed by atoms with van der Waals surface area (Å²) in [6.45, 7) is 1.21. The van der Waals surface area contributed by atoms with Crippen LogP contribution in [-0.2, 0) is 24.0 Å². The first kappa shape index (κ1) is 22.5. The van der Waals surface area contributed by atoms with Crippen LogP contribution in [0.1, 0.15) is 12.6 Å². The van der Waals surface area contributed by atoms with Crippen molar-refractivity contribution >= 4 is 57.7 Å². The van der Waals surface area contributed by atoms with Crippen molar-refractivity contribution in [2.75, 3.05) is 18.0 Å². The molecule has 3 atom stereocenters. The molecule has 0 aromatic carbocycles. The van der Waals surface area contributed by atoms with Gasteiger partial charge in [0.05, 0.1) is 0 Å². The molecule has 2 aliphatic rings. The molecular formula is C16H18N6O7S2. The molecule has 0 aliphatic carbocycles. The summed E-state index contributed by atoms with van der Waals surface area (Å²) in [6, 6.07) is -1.02. The van der Waals surface area contributed by atoms with Crippen LogP contribution in [0.4, 0.5) is 5.13 Å². The van der Waals surface area contributed by atoms with E-state index in [0.717, 1.165) is 16.2 Å². The molecule has 1 aromatic heterocycles. The molecule has 31 heavy (non-hydrogen) atoms. The van der Waals surface area contributed by atoms with Gasteiger partial charge < -0.3 is 31.8 Å². The summed E-state index contributed by atoms with van der Waals surface area (Å²) in [5.74, 6) is -3.76. The normalized spacial score (nSPS) is 21.8. The van der Waals surface area contributed by atoms with Gasteiger partial charge >= 0.3 is 11.9 Å². The Morgan fingerprint density at radius 2 is 2.16 bits per heavy atom. The number of aliphatic carboxylic acids is 2. The van der Waals surface area contributed by atoms with Crippen molar-refractivity contribution in [3.8, 4) is 0 Å². The van der Waals surface area contributed by atoms with Crippen molar-refractivity contribution in [3.05, 3.63) is 22.3 Å². The third kappa shape index (κ3) is 4.33. The van der Waals surface area contributed by atoms with Gasteiger partial charge in [0.15, 0.2) is 10.8 Å². The number of fused-ring (bicyclic) bond motifs is 1. The summed E-state index contributed by atoms with van der Waals surface area (Å²) in [7, 11) is 0. The van der Waals surface area contributed by atoms with E-state index in [2.05, 4.69) is 15.5 Å². The SMILES string of the molecule is CC(O/N=C(\C(=O)NC1C(=O)N2C(C(=O)O)=C(CN)CS[C@H]12)c1csc(N)n1)C(=O)O. The van der Waals surface area contributed by atoms with Crippen LogP contribution in [0, 0.1) is 0 Å². The number of hydrogen-bond acceptors (Lipinski definition) is 11. The van der Waals surface area contributed by atoms with Crippen LogP contribution in [0.25, 0.3) is 0 Å². The number of aromatic nitrogens is 1. The number of carboxylic acids is 2. The molecule has 1 aromatic rings. The number of oxime groups is 1. The summed E-state index contributed by atoms with van der Waals surface area (Å²) < 4.78 is 0. The number of nitrogens with one attached hydrogen (secondary N) is 1. The second-order valence-electron chi connectivity index (χ2n) is 6.42. The molecule has 1 saturated heterocycles. The number of amides is 2. The minimum atomic E-state index is -1.34. The standard InChI is InChI=1S/C16H18N6O7S2/c1-5(14(25)26)29-21-8(7-4-31-16(18)19-7)11(23)20-9-12(24)22-10(15(27)28)6(2-17)3-30-13(9)22/h4-5,9,13H,2-3,17H2,1H3,(H2,18,19)(H,20,23)(H,25,26)(H,27,28)/b21-8-/t5?,9?,13-/m1/s1. The molecule has 7 N–H and O–H groups in total. The first-order valence-electron chi connectivity index (χ1n) is 8.74. The van der Waals surface area contributed by atoms with E-state index in [4.69, 9.17) is 21.4 Å². The van der Waals surface area contributed by atoms with Gasteiger partial charge in [0.1, 0.15) is 22.8 Å². The van der Waals surface area contributed by atoms with Gasteiger partial charge in [-0.05, 0) is 12.5 Å². The highest BCUT2D eigenvalue weighted by molar-refractivity contribution is 8.00. The number of hydrogen-bond donors (Lipinski definition) is 5. The molecule has 3 heterocycles. The van der Waals surface area contributed by atoms with Crippen LogP contribution >= 0.6 is 23.1 Å². The number of carboxylic acid groups (broad SMARTS) is 2. The van der Waals surface area contributed by atoms with E-state index < -0.39 is 41.3 Å². The molecule has 0 bridgehead atoms. The monoisotopic (exact) mass is 470 g/mol. The first-order valence-corrected chi connectivity index (χ1v) is 10.7. The van der Waals surface area contributed by atoms with Crippen LogP contribution in [0.3, 0.4) is 0 Å². The fourth-order valence-electron chi connectivity index (χ4n) is 2.83. The number of carbonyl (C=O) groups is 4. The van der Waals surface area contributed by atoms with Crippen molar-refractivity contribution in [2.45, 2.75) is 24.4 Å². The molecule has 0 spiro atoms. The fourth-order valence-corrected chi connectivity index (χ4v) is 4.74. The third-order valence-electron chi connectivity index (χ3n) is 4.41. The van der Waals surface area contributed by atoms with Gasteiger partial charge in [-0.1, -0.05) is 5.16 Å². The maximum atomic E-state index is 12.8. The maximum Gasteiger partial charge on any atom is 0.352 e. The molecule has 0 radical (unpaired) electrons. The summed E-state index contributed by atoms with van der Waals surface area (Å²) in [5, 5.41) is 25.4. The Kier molecular flexibility index (Phi) is 6.47. The zero-order valence-electron chi connectivity index (χ0n) is 16.0. The molecule has 15 heteroatoms. The minimum Gasteiger partial charge on any atom is -0.478 e. The van der Waals surface area contributed by atoms with Crippen molar-refractivity contribution < 1.29 is 34.2 Å². The average Bonchev–Trinajstić information content (AvgIpc) is 3.16. The lowest BCUT2D eigenvalue weighted by Gasteiger charge is -2.49. The number of anilines is 1. The van der Waals surface area contributed by atoms with Crippen LogP contribution in [0.2, 0.25) is 0 Å².